The first-order chi connectivity index (χ1) is 7.97. The Bertz CT molecular complexity index is 330. The molecule has 1 rings (SSSR count). The van der Waals surface area contributed by atoms with Gasteiger partial charge in [0.1, 0.15) is 5.60 Å². The van der Waals surface area contributed by atoms with E-state index in [1.165, 1.54) is 0 Å². The maximum atomic E-state index is 11.3. The van der Waals surface area contributed by atoms with Crippen LogP contribution in [0.5, 0.6) is 0 Å². The van der Waals surface area contributed by atoms with Crippen LogP contribution in [-0.4, -0.2) is 39.7 Å². The highest BCUT2D eigenvalue weighted by Gasteiger charge is 2.15. The predicted octanol–water partition coefficient (Wildman–Crippen LogP) is 0.599. The SMILES string of the molecule is CC(C)(C)OC(=O)CNCCCn1ccnn1. The Morgan fingerprint density at radius 2 is 2.24 bits per heavy atom. The second kappa shape index (κ2) is 6.34. The lowest BCUT2D eigenvalue weighted by Crippen LogP contribution is -2.32. The number of carbonyl (C=O) groups excluding carboxylic acids is 1. The fourth-order valence-electron chi connectivity index (χ4n) is 1.29. The molecule has 0 saturated carbocycles. The number of carbonyl (C=O) groups is 1. The van der Waals surface area contributed by atoms with Crippen LogP contribution in [0.2, 0.25) is 0 Å². The molecule has 0 aliphatic carbocycles. The second-order valence-corrected chi connectivity index (χ2v) is 4.78. The van der Waals surface area contributed by atoms with E-state index >= 15 is 0 Å². The number of nitrogens with one attached hydrogen (secondary N) is 1. The number of aromatic nitrogens is 3. The topological polar surface area (TPSA) is 69.0 Å². The van der Waals surface area contributed by atoms with Crippen molar-refractivity contribution in [2.75, 3.05) is 13.1 Å². The van der Waals surface area contributed by atoms with Gasteiger partial charge in [-0.2, -0.15) is 0 Å². The summed E-state index contributed by atoms with van der Waals surface area (Å²) < 4.78 is 6.92. The van der Waals surface area contributed by atoms with Crippen LogP contribution in [0, 0.1) is 0 Å². The Labute approximate surface area is 101 Å². The second-order valence-electron chi connectivity index (χ2n) is 4.78. The molecule has 17 heavy (non-hydrogen) atoms. The fourth-order valence-corrected chi connectivity index (χ4v) is 1.29. The fraction of sp³-hybridized carbons (Fsp3) is 0.727. The third-order valence-corrected chi connectivity index (χ3v) is 1.90. The number of esters is 1. The van der Waals surface area contributed by atoms with Gasteiger partial charge in [-0.05, 0) is 33.7 Å². The van der Waals surface area contributed by atoms with E-state index in [-0.39, 0.29) is 12.5 Å². The molecule has 0 unspecified atom stereocenters. The van der Waals surface area contributed by atoms with Crippen LogP contribution in [-0.2, 0) is 16.1 Å². The van der Waals surface area contributed by atoms with Crippen molar-refractivity contribution < 1.29 is 9.53 Å². The molecule has 0 fully saturated rings. The maximum absolute atomic E-state index is 11.3. The molecule has 1 heterocycles. The molecular weight excluding hydrogens is 220 g/mol. The summed E-state index contributed by atoms with van der Waals surface area (Å²) in [7, 11) is 0. The van der Waals surface area contributed by atoms with Crippen molar-refractivity contribution >= 4 is 5.97 Å². The van der Waals surface area contributed by atoms with Crippen LogP contribution < -0.4 is 5.32 Å². The third-order valence-electron chi connectivity index (χ3n) is 1.90. The molecule has 0 spiro atoms. The number of ether oxygens (including phenoxy) is 1. The Morgan fingerprint density at radius 1 is 1.47 bits per heavy atom. The van der Waals surface area contributed by atoms with Gasteiger partial charge in [0, 0.05) is 12.7 Å². The van der Waals surface area contributed by atoms with Crippen molar-refractivity contribution in [3.8, 4) is 0 Å². The first-order valence-electron chi connectivity index (χ1n) is 5.74. The van der Waals surface area contributed by atoms with E-state index < -0.39 is 5.60 Å². The van der Waals surface area contributed by atoms with Crippen LogP contribution in [0.25, 0.3) is 0 Å². The van der Waals surface area contributed by atoms with E-state index in [1.54, 1.807) is 10.9 Å². The zero-order valence-corrected chi connectivity index (χ0v) is 10.6. The normalized spacial score (nSPS) is 11.5. The zero-order chi connectivity index (χ0) is 12.7. The molecule has 0 atom stereocenters. The summed E-state index contributed by atoms with van der Waals surface area (Å²) in [6, 6.07) is 0. The molecule has 1 aromatic rings. The van der Waals surface area contributed by atoms with Crippen molar-refractivity contribution in [3.05, 3.63) is 12.4 Å². The van der Waals surface area contributed by atoms with Crippen LogP contribution >= 0.6 is 0 Å². The molecule has 96 valence electrons. The van der Waals surface area contributed by atoms with E-state index in [9.17, 15) is 4.79 Å². The number of aryl methyl sites for hydroxylation is 1. The van der Waals surface area contributed by atoms with Gasteiger partial charge in [0.15, 0.2) is 0 Å². The molecule has 0 aliphatic rings. The number of nitrogens with zero attached hydrogens (tertiary/aromatic N) is 3. The monoisotopic (exact) mass is 240 g/mol. The van der Waals surface area contributed by atoms with E-state index in [1.807, 2.05) is 27.0 Å². The van der Waals surface area contributed by atoms with Gasteiger partial charge in [0.05, 0.1) is 12.7 Å². The lowest BCUT2D eigenvalue weighted by atomic mass is 10.2. The molecule has 0 bridgehead atoms. The number of hydrogen-bond donors (Lipinski definition) is 1. The minimum atomic E-state index is -0.417. The van der Waals surface area contributed by atoms with E-state index in [4.69, 9.17) is 4.74 Å². The van der Waals surface area contributed by atoms with Gasteiger partial charge < -0.3 is 10.1 Å². The largest absolute Gasteiger partial charge is 0.459 e. The van der Waals surface area contributed by atoms with Gasteiger partial charge in [0.25, 0.3) is 0 Å². The van der Waals surface area contributed by atoms with Crippen molar-refractivity contribution in [2.45, 2.75) is 39.3 Å². The van der Waals surface area contributed by atoms with Crippen LogP contribution in [0.15, 0.2) is 12.4 Å². The minimum Gasteiger partial charge on any atom is -0.459 e. The molecule has 1 N–H and O–H groups in total. The average molecular weight is 240 g/mol. The van der Waals surface area contributed by atoms with E-state index in [0.717, 1.165) is 19.5 Å². The Hall–Kier alpha value is -1.43. The molecule has 6 nitrogen and oxygen atoms in total. The molecule has 6 heteroatoms. The van der Waals surface area contributed by atoms with Gasteiger partial charge in [-0.15, -0.1) is 5.10 Å². The van der Waals surface area contributed by atoms with E-state index in [0.29, 0.717) is 0 Å². The molecule has 0 amide bonds. The summed E-state index contributed by atoms with van der Waals surface area (Å²) in [5.74, 6) is -0.224. The number of hydrogen-bond acceptors (Lipinski definition) is 5. The minimum absolute atomic E-state index is 0.224. The first-order valence-corrected chi connectivity index (χ1v) is 5.74. The summed E-state index contributed by atoms with van der Waals surface area (Å²) in [5, 5.41) is 10.6. The van der Waals surface area contributed by atoms with Gasteiger partial charge in [-0.25, -0.2) is 0 Å². The third kappa shape index (κ3) is 6.68. The standard InChI is InChI=1S/C11H20N4O2/c1-11(2,3)17-10(16)9-12-5-4-7-15-8-6-13-14-15/h6,8,12H,4-5,7,9H2,1-3H3. The van der Waals surface area contributed by atoms with Crippen LogP contribution in [0.1, 0.15) is 27.2 Å². The highest BCUT2D eigenvalue weighted by Crippen LogP contribution is 2.06. The zero-order valence-electron chi connectivity index (χ0n) is 10.6. The summed E-state index contributed by atoms with van der Waals surface area (Å²) in [6.45, 7) is 7.36. The predicted molar refractivity (Wildman–Crippen MR) is 63.4 cm³/mol. The van der Waals surface area contributed by atoms with Gasteiger partial charge in [-0.3, -0.25) is 9.48 Å². The molecule has 0 aromatic carbocycles. The van der Waals surface area contributed by atoms with E-state index in [2.05, 4.69) is 15.6 Å². The van der Waals surface area contributed by atoms with Crippen molar-refractivity contribution in [1.29, 1.82) is 0 Å². The highest BCUT2D eigenvalue weighted by molar-refractivity contribution is 5.72. The Balaban J connectivity index is 2.02. The Morgan fingerprint density at radius 3 is 2.82 bits per heavy atom. The Kier molecular flexibility index (Phi) is 5.09. The highest BCUT2D eigenvalue weighted by atomic mass is 16.6. The van der Waals surface area contributed by atoms with Crippen molar-refractivity contribution in [2.24, 2.45) is 0 Å². The van der Waals surface area contributed by atoms with Crippen LogP contribution in [0.3, 0.4) is 0 Å². The lowest BCUT2D eigenvalue weighted by Gasteiger charge is -2.19. The molecular formula is C11H20N4O2. The molecule has 1 aromatic heterocycles. The molecule has 0 saturated heterocycles. The lowest BCUT2D eigenvalue weighted by molar-refractivity contribution is -0.153. The smallest absolute Gasteiger partial charge is 0.320 e. The molecule has 0 radical (unpaired) electrons. The summed E-state index contributed by atoms with van der Waals surface area (Å²) in [6.07, 6.45) is 4.36. The van der Waals surface area contributed by atoms with Crippen molar-refractivity contribution in [3.63, 3.8) is 0 Å². The van der Waals surface area contributed by atoms with Gasteiger partial charge in [0.2, 0.25) is 0 Å². The number of rotatable bonds is 6. The van der Waals surface area contributed by atoms with Crippen LogP contribution in [0.4, 0.5) is 0 Å². The summed E-state index contributed by atoms with van der Waals surface area (Å²) in [4.78, 5) is 11.3. The quantitative estimate of drug-likeness (QED) is 0.582. The first kappa shape index (κ1) is 13.6. The summed E-state index contributed by atoms with van der Waals surface area (Å²) in [5.41, 5.74) is -0.417. The maximum Gasteiger partial charge on any atom is 0.320 e. The summed E-state index contributed by atoms with van der Waals surface area (Å²) >= 11 is 0. The average Bonchev–Trinajstić information content (AvgIpc) is 2.67. The molecule has 0 aliphatic heterocycles. The van der Waals surface area contributed by atoms with Gasteiger partial charge >= 0.3 is 5.97 Å². The van der Waals surface area contributed by atoms with Gasteiger partial charge in [-0.1, -0.05) is 5.21 Å². The van der Waals surface area contributed by atoms with Crippen molar-refractivity contribution in [1.82, 2.24) is 20.3 Å².